The second kappa shape index (κ2) is 8.49. The first-order valence-electron chi connectivity index (χ1n) is 7.31. The van der Waals surface area contributed by atoms with Crippen LogP contribution in [-0.4, -0.2) is 90.8 Å². The molecule has 2 heterocycles. The van der Waals surface area contributed by atoms with Gasteiger partial charge in [-0.15, -0.1) is 0 Å². The maximum Gasteiger partial charge on any atom is 0.489 e. The quantitative estimate of drug-likeness (QED) is 0.281. The molecule has 0 aliphatic carbocycles. The van der Waals surface area contributed by atoms with E-state index in [2.05, 4.69) is 18.9 Å². The lowest BCUT2D eigenvalue weighted by molar-refractivity contribution is -0.160. The van der Waals surface area contributed by atoms with Gasteiger partial charge in [-0.25, -0.2) is 19.2 Å². The van der Waals surface area contributed by atoms with E-state index in [1.165, 1.54) is 0 Å². The molecule has 2 aliphatic heterocycles. The predicted octanol–water partition coefficient (Wildman–Crippen LogP) is -2.70. The Labute approximate surface area is 148 Å². The average molecular weight is 374 g/mol. The van der Waals surface area contributed by atoms with Crippen LogP contribution >= 0.6 is 0 Å². The maximum absolute atomic E-state index is 11.8. The second-order valence-corrected chi connectivity index (χ2v) is 5.06. The number of hydrogen-bond donors (Lipinski definition) is 0. The molecule has 2 saturated heterocycles. The summed E-state index contributed by atoms with van der Waals surface area (Å²) in [4.78, 5) is 47.1. The SMILES string of the molecule is COC(=O)[C@@H]1OB(B2O[C@@H](C(=O)OC)[C@H](C(=O)OC)O2)O[C@H]1C(=O)OC. The van der Waals surface area contributed by atoms with Crippen molar-refractivity contribution < 1.29 is 56.7 Å². The van der Waals surface area contributed by atoms with E-state index in [1.807, 2.05) is 0 Å². The molecule has 0 radical (unpaired) electrons. The van der Waals surface area contributed by atoms with Gasteiger partial charge in [0.1, 0.15) is 0 Å². The van der Waals surface area contributed by atoms with Crippen LogP contribution in [0.4, 0.5) is 0 Å². The van der Waals surface area contributed by atoms with Crippen LogP contribution < -0.4 is 0 Å². The van der Waals surface area contributed by atoms with E-state index in [1.54, 1.807) is 0 Å². The lowest BCUT2D eigenvalue weighted by Gasteiger charge is -2.13. The van der Waals surface area contributed by atoms with Crippen molar-refractivity contribution in [1.82, 2.24) is 0 Å². The number of hydrogen-bond acceptors (Lipinski definition) is 12. The highest BCUT2D eigenvalue weighted by molar-refractivity contribution is 7.11. The summed E-state index contributed by atoms with van der Waals surface area (Å²) in [5.41, 5.74) is 0. The first-order valence-corrected chi connectivity index (χ1v) is 7.31. The largest absolute Gasteiger partial charge is 0.489 e. The normalized spacial score (nSPS) is 27.8. The van der Waals surface area contributed by atoms with E-state index >= 15 is 0 Å². The smallest absolute Gasteiger partial charge is 0.467 e. The molecule has 4 atom stereocenters. The van der Waals surface area contributed by atoms with Gasteiger partial charge in [0.25, 0.3) is 0 Å². The molecule has 0 amide bonds. The van der Waals surface area contributed by atoms with Gasteiger partial charge < -0.3 is 37.6 Å². The standard InChI is InChI=1S/C12H16B2O12/c1-19-9(15)5-6(10(16)20-2)24-13(23-5)14-25-7(11(17)21-3)8(26-14)12(18)22-4/h5-8H,1-4H3/t5-,6-,7-,8-/m1/s1. The molecule has 0 N–H and O–H groups in total. The van der Waals surface area contributed by atoms with Crippen LogP contribution in [0.5, 0.6) is 0 Å². The molecule has 0 bridgehead atoms. The molecule has 0 aromatic carbocycles. The van der Waals surface area contributed by atoms with Crippen LogP contribution in [0.15, 0.2) is 0 Å². The lowest BCUT2D eigenvalue weighted by Crippen LogP contribution is -2.41. The zero-order valence-electron chi connectivity index (χ0n) is 14.4. The third kappa shape index (κ3) is 3.82. The Hall–Kier alpha value is -2.15. The summed E-state index contributed by atoms with van der Waals surface area (Å²) in [5, 5.41) is 0. The Morgan fingerprint density at radius 2 is 0.731 bits per heavy atom. The van der Waals surface area contributed by atoms with Crippen LogP contribution in [0.25, 0.3) is 0 Å². The zero-order chi connectivity index (χ0) is 19.4. The van der Waals surface area contributed by atoms with Crippen molar-refractivity contribution in [2.75, 3.05) is 28.4 Å². The fourth-order valence-electron chi connectivity index (χ4n) is 2.37. The minimum atomic E-state index is -1.45. The summed E-state index contributed by atoms with van der Waals surface area (Å²) in [7, 11) is 1.52. The maximum atomic E-state index is 11.8. The Balaban J connectivity index is 2.17. The monoisotopic (exact) mass is 374 g/mol. The first kappa shape index (κ1) is 20.2. The highest BCUT2D eigenvalue weighted by Gasteiger charge is 2.61. The molecule has 12 nitrogen and oxygen atoms in total. The summed E-state index contributed by atoms with van der Waals surface area (Å²) >= 11 is 0. The Morgan fingerprint density at radius 1 is 0.538 bits per heavy atom. The van der Waals surface area contributed by atoms with Gasteiger partial charge in [0.2, 0.25) is 0 Å². The van der Waals surface area contributed by atoms with Crippen molar-refractivity contribution in [1.29, 1.82) is 0 Å². The Bertz CT molecular complexity index is 485. The van der Waals surface area contributed by atoms with Crippen molar-refractivity contribution in [3.05, 3.63) is 0 Å². The number of carbonyl (C=O) groups is 4. The van der Waals surface area contributed by atoms with Crippen LogP contribution in [0.3, 0.4) is 0 Å². The highest BCUT2D eigenvalue weighted by Crippen LogP contribution is 2.27. The number of rotatable bonds is 5. The van der Waals surface area contributed by atoms with Crippen molar-refractivity contribution >= 4 is 37.9 Å². The van der Waals surface area contributed by atoms with Gasteiger partial charge in [-0.05, 0) is 0 Å². The summed E-state index contributed by atoms with van der Waals surface area (Å²) < 4.78 is 39.4. The molecule has 0 aromatic rings. The molecule has 0 saturated carbocycles. The van der Waals surface area contributed by atoms with Crippen LogP contribution in [0, 0.1) is 0 Å². The summed E-state index contributed by atoms with van der Waals surface area (Å²) in [6, 6.07) is 0. The van der Waals surface area contributed by atoms with Gasteiger partial charge in [-0.1, -0.05) is 0 Å². The van der Waals surface area contributed by atoms with Crippen molar-refractivity contribution in [3.63, 3.8) is 0 Å². The molecule has 0 spiro atoms. The fraction of sp³-hybridized carbons (Fsp3) is 0.667. The molecule has 2 rings (SSSR count). The molecule has 2 aliphatic rings. The van der Waals surface area contributed by atoms with E-state index in [-0.39, 0.29) is 0 Å². The van der Waals surface area contributed by atoms with E-state index in [0.717, 1.165) is 28.4 Å². The topological polar surface area (TPSA) is 142 Å². The molecule has 2 fully saturated rings. The van der Waals surface area contributed by atoms with Crippen molar-refractivity contribution in [2.45, 2.75) is 24.4 Å². The van der Waals surface area contributed by atoms with Gasteiger partial charge in [-0.3, -0.25) is 0 Å². The average Bonchev–Trinajstić information content (AvgIpc) is 3.30. The molecule has 14 heteroatoms. The van der Waals surface area contributed by atoms with Crippen molar-refractivity contribution in [3.8, 4) is 0 Å². The summed E-state index contributed by atoms with van der Waals surface area (Å²) in [6.45, 7) is 0. The third-order valence-electron chi connectivity index (χ3n) is 3.63. The van der Waals surface area contributed by atoms with E-state index in [4.69, 9.17) is 18.6 Å². The molecule has 26 heavy (non-hydrogen) atoms. The van der Waals surface area contributed by atoms with Gasteiger partial charge >= 0.3 is 37.9 Å². The Kier molecular flexibility index (Phi) is 6.58. The number of carbonyl (C=O) groups excluding carboxylic acids is 4. The van der Waals surface area contributed by atoms with Gasteiger partial charge in [0.05, 0.1) is 28.4 Å². The van der Waals surface area contributed by atoms with Crippen LogP contribution in [-0.2, 0) is 56.7 Å². The Morgan fingerprint density at radius 3 is 0.885 bits per heavy atom. The molecule has 0 unspecified atom stereocenters. The minimum absolute atomic E-state index is 0.894. The van der Waals surface area contributed by atoms with Gasteiger partial charge in [-0.2, -0.15) is 0 Å². The first-order chi connectivity index (χ1) is 12.4. The number of ether oxygens (including phenoxy) is 4. The minimum Gasteiger partial charge on any atom is -0.467 e. The fourth-order valence-corrected chi connectivity index (χ4v) is 2.37. The summed E-state index contributed by atoms with van der Waals surface area (Å²) in [5.74, 6) is -3.57. The number of methoxy groups -OCH3 is 4. The van der Waals surface area contributed by atoms with Crippen LogP contribution in [0.1, 0.15) is 0 Å². The second-order valence-electron chi connectivity index (χ2n) is 5.06. The summed E-state index contributed by atoms with van der Waals surface area (Å²) in [6.07, 6.45) is -5.78. The number of esters is 4. The third-order valence-corrected chi connectivity index (χ3v) is 3.63. The van der Waals surface area contributed by atoms with Crippen molar-refractivity contribution in [2.24, 2.45) is 0 Å². The van der Waals surface area contributed by atoms with Gasteiger partial charge in [0, 0.05) is 0 Å². The molecular weight excluding hydrogens is 358 g/mol. The highest BCUT2D eigenvalue weighted by atomic mass is 16.7. The molecular formula is C12H16B2O12. The van der Waals surface area contributed by atoms with E-state index in [0.29, 0.717) is 0 Å². The van der Waals surface area contributed by atoms with E-state index < -0.39 is 62.3 Å². The molecule has 142 valence electrons. The van der Waals surface area contributed by atoms with E-state index in [9.17, 15) is 19.2 Å². The zero-order valence-corrected chi connectivity index (χ0v) is 14.4. The lowest BCUT2D eigenvalue weighted by atomic mass is 9.49. The predicted molar refractivity (Wildman–Crippen MR) is 79.1 cm³/mol. The molecule has 0 aromatic heterocycles. The van der Waals surface area contributed by atoms with Crippen LogP contribution in [0.2, 0.25) is 0 Å². The van der Waals surface area contributed by atoms with Gasteiger partial charge in [0.15, 0.2) is 24.4 Å².